The first kappa shape index (κ1) is 16.9. The van der Waals surface area contributed by atoms with Gasteiger partial charge in [-0.15, -0.1) is 0 Å². The second-order valence-corrected chi connectivity index (χ2v) is 7.70. The van der Waals surface area contributed by atoms with Crippen molar-refractivity contribution in [2.75, 3.05) is 39.8 Å². The van der Waals surface area contributed by atoms with Crippen molar-refractivity contribution in [1.29, 1.82) is 0 Å². The Morgan fingerprint density at radius 2 is 2.04 bits per heavy atom. The minimum Gasteiger partial charge on any atom is -0.495 e. The van der Waals surface area contributed by atoms with Crippen LogP contribution in [0.5, 0.6) is 5.75 Å². The maximum Gasteiger partial charge on any atom is 0.143 e. The third kappa shape index (κ3) is 3.42. The summed E-state index contributed by atoms with van der Waals surface area (Å²) in [5, 5.41) is 1.31. The first-order valence-electron chi connectivity index (χ1n) is 9.85. The van der Waals surface area contributed by atoms with Crippen LogP contribution in [0.1, 0.15) is 31.2 Å². The number of benzene rings is 1. The summed E-state index contributed by atoms with van der Waals surface area (Å²) in [4.78, 5) is 5.40. The van der Waals surface area contributed by atoms with Gasteiger partial charge in [-0.3, -0.25) is 4.90 Å². The van der Waals surface area contributed by atoms with Crippen molar-refractivity contribution in [2.24, 2.45) is 0 Å². The van der Waals surface area contributed by atoms with Crippen LogP contribution in [-0.4, -0.2) is 60.2 Å². The number of hydrogen-bond donors (Lipinski definition) is 0. The quantitative estimate of drug-likeness (QED) is 0.830. The van der Waals surface area contributed by atoms with E-state index >= 15 is 0 Å². The number of hydrogen-bond acceptors (Lipinski definition) is 3. The minimum atomic E-state index is 0.817. The molecule has 0 spiro atoms. The summed E-state index contributed by atoms with van der Waals surface area (Å²) in [6.07, 6.45) is 7.71. The molecule has 2 aliphatic rings. The predicted molar refractivity (Wildman–Crippen MR) is 103 cm³/mol. The Bertz CT molecular complexity index is 723. The van der Waals surface area contributed by atoms with Crippen LogP contribution < -0.4 is 4.74 Å². The van der Waals surface area contributed by atoms with E-state index in [4.69, 9.17) is 4.74 Å². The molecule has 4 rings (SSSR count). The van der Waals surface area contributed by atoms with Gasteiger partial charge in [-0.05, 0) is 50.9 Å². The van der Waals surface area contributed by atoms with E-state index in [0.717, 1.165) is 18.3 Å². The monoisotopic (exact) mass is 341 g/mol. The minimum absolute atomic E-state index is 0.817. The number of rotatable bonds is 5. The lowest BCUT2D eigenvalue weighted by atomic mass is 9.99. The highest BCUT2D eigenvalue weighted by molar-refractivity contribution is 5.88. The number of fused-ring (bicyclic) bond motifs is 2. The zero-order valence-corrected chi connectivity index (χ0v) is 15.7. The molecule has 1 atom stereocenters. The molecule has 1 aromatic heterocycles. The fraction of sp³-hybridized carbons (Fsp3) is 0.619. The second-order valence-electron chi connectivity index (χ2n) is 7.70. The Morgan fingerprint density at radius 1 is 1.12 bits per heavy atom. The molecule has 1 unspecified atom stereocenters. The number of piperidine rings is 1. The molecule has 2 aliphatic heterocycles. The summed E-state index contributed by atoms with van der Waals surface area (Å²) in [5.74, 6) is 0.987. The molecule has 0 aliphatic carbocycles. The van der Waals surface area contributed by atoms with Crippen molar-refractivity contribution in [2.45, 2.75) is 45.2 Å². The number of aryl methyl sites for hydroxylation is 2. The molecular formula is C21H31N3O. The topological polar surface area (TPSA) is 20.6 Å². The number of nitrogens with zero attached hydrogens (tertiary/aromatic N) is 3. The van der Waals surface area contributed by atoms with Crippen molar-refractivity contribution < 1.29 is 4.74 Å². The van der Waals surface area contributed by atoms with E-state index in [1.807, 2.05) is 0 Å². The van der Waals surface area contributed by atoms with Gasteiger partial charge in [0, 0.05) is 43.8 Å². The Labute approximate surface area is 151 Å². The molecule has 4 nitrogen and oxygen atoms in total. The fourth-order valence-corrected chi connectivity index (χ4v) is 4.73. The van der Waals surface area contributed by atoms with E-state index in [-0.39, 0.29) is 0 Å². The highest BCUT2D eigenvalue weighted by atomic mass is 16.5. The van der Waals surface area contributed by atoms with Gasteiger partial charge in [0.25, 0.3) is 0 Å². The van der Waals surface area contributed by atoms with Crippen LogP contribution in [0, 0.1) is 6.92 Å². The average molecular weight is 341 g/mol. The Kier molecular flexibility index (Phi) is 5.00. The molecule has 0 saturated carbocycles. The average Bonchev–Trinajstić information content (AvgIpc) is 2.98. The van der Waals surface area contributed by atoms with Crippen molar-refractivity contribution in [1.82, 2.24) is 14.4 Å². The lowest BCUT2D eigenvalue weighted by molar-refractivity contribution is 0.0484. The number of para-hydroxylation sites is 1. The van der Waals surface area contributed by atoms with E-state index < -0.39 is 0 Å². The van der Waals surface area contributed by atoms with Gasteiger partial charge in [0.15, 0.2) is 0 Å². The predicted octanol–water partition coefficient (Wildman–Crippen LogP) is 3.52. The smallest absolute Gasteiger partial charge is 0.143 e. The molecule has 2 saturated heterocycles. The molecule has 0 N–H and O–H groups in total. The number of aromatic nitrogens is 1. The summed E-state index contributed by atoms with van der Waals surface area (Å²) >= 11 is 0. The van der Waals surface area contributed by atoms with E-state index in [1.165, 1.54) is 74.9 Å². The van der Waals surface area contributed by atoms with Gasteiger partial charge in [0.1, 0.15) is 5.75 Å². The summed E-state index contributed by atoms with van der Waals surface area (Å²) in [6, 6.07) is 7.17. The highest BCUT2D eigenvalue weighted by Crippen LogP contribution is 2.29. The molecule has 4 heteroatoms. The Balaban J connectivity index is 1.38. The maximum atomic E-state index is 5.60. The summed E-state index contributed by atoms with van der Waals surface area (Å²) in [5.41, 5.74) is 2.59. The standard InChI is InChI=1S/C21H31N3O/c1-17-15-24(21-19(17)8-5-9-20(21)25-2)12-6-10-22-13-14-23-11-4-3-7-18(23)16-22/h5,8-9,15,18H,3-4,6-7,10-14,16H2,1-2H3. The van der Waals surface area contributed by atoms with Gasteiger partial charge in [0.05, 0.1) is 12.6 Å². The third-order valence-electron chi connectivity index (χ3n) is 6.08. The lowest BCUT2D eigenvalue weighted by Crippen LogP contribution is -2.54. The van der Waals surface area contributed by atoms with Crippen LogP contribution in [0.3, 0.4) is 0 Å². The summed E-state index contributed by atoms with van der Waals surface area (Å²) in [6.45, 7) is 9.57. The lowest BCUT2D eigenvalue weighted by Gasteiger charge is -2.44. The normalized spacial score (nSPS) is 22.2. The van der Waals surface area contributed by atoms with E-state index in [1.54, 1.807) is 7.11 Å². The molecule has 0 radical (unpaired) electrons. The third-order valence-corrected chi connectivity index (χ3v) is 6.08. The zero-order valence-electron chi connectivity index (χ0n) is 15.7. The van der Waals surface area contributed by atoms with Gasteiger partial charge >= 0.3 is 0 Å². The molecule has 2 aromatic rings. The van der Waals surface area contributed by atoms with Crippen molar-refractivity contribution in [3.05, 3.63) is 30.0 Å². The Morgan fingerprint density at radius 3 is 2.92 bits per heavy atom. The number of ether oxygens (including phenoxy) is 1. The van der Waals surface area contributed by atoms with Gasteiger partial charge in [-0.1, -0.05) is 18.6 Å². The van der Waals surface area contributed by atoms with Crippen LogP contribution in [0.25, 0.3) is 10.9 Å². The number of piperazine rings is 1. The summed E-state index contributed by atoms with van der Waals surface area (Å²) < 4.78 is 7.99. The van der Waals surface area contributed by atoms with E-state index in [9.17, 15) is 0 Å². The highest BCUT2D eigenvalue weighted by Gasteiger charge is 2.28. The molecular weight excluding hydrogens is 310 g/mol. The fourth-order valence-electron chi connectivity index (χ4n) is 4.73. The van der Waals surface area contributed by atoms with Crippen LogP contribution in [0.4, 0.5) is 0 Å². The number of methoxy groups -OCH3 is 1. The molecule has 0 bridgehead atoms. The molecule has 2 fully saturated rings. The van der Waals surface area contributed by atoms with E-state index in [2.05, 4.69) is 45.7 Å². The van der Waals surface area contributed by atoms with Crippen molar-refractivity contribution >= 4 is 10.9 Å². The maximum absolute atomic E-state index is 5.60. The molecule has 136 valence electrons. The van der Waals surface area contributed by atoms with Crippen LogP contribution in [0.15, 0.2) is 24.4 Å². The van der Waals surface area contributed by atoms with Crippen molar-refractivity contribution in [3.8, 4) is 5.75 Å². The van der Waals surface area contributed by atoms with Crippen LogP contribution >= 0.6 is 0 Å². The molecule has 1 aromatic carbocycles. The Hall–Kier alpha value is -1.52. The molecule has 3 heterocycles. The van der Waals surface area contributed by atoms with Gasteiger partial charge in [0.2, 0.25) is 0 Å². The summed E-state index contributed by atoms with van der Waals surface area (Å²) in [7, 11) is 1.77. The first-order valence-corrected chi connectivity index (χ1v) is 9.85. The van der Waals surface area contributed by atoms with Crippen LogP contribution in [0.2, 0.25) is 0 Å². The van der Waals surface area contributed by atoms with Gasteiger partial charge in [-0.2, -0.15) is 0 Å². The zero-order chi connectivity index (χ0) is 17.2. The molecule has 25 heavy (non-hydrogen) atoms. The largest absolute Gasteiger partial charge is 0.495 e. The SMILES string of the molecule is COc1cccc2c(C)cn(CCCN3CCN4CCCCC4C3)c12. The van der Waals surface area contributed by atoms with Gasteiger partial charge in [-0.25, -0.2) is 0 Å². The second kappa shape index (κ2) is 7.38. The van der Waals surface area contributed by atoms with Gasteiger partial charge < -0.3 is 14.2 Å². The van der Waals surface area contributed by atoms with Crippen LogP contribution in [-0.2, 0) is 6.54 Å². The molecule has 0 amide bonds. The first-order chi connectivity index (χ1) is 12.3. The van der Waals surface area contributed by atoms with Crippen molar-refractivity contribution in [3.63, 3.8) is 0 Å². The van der Waals surface area contributed by atoms with E-state index in [0.29, 0.717) is 0 Å².